The lowest BCUT2D eigenvalue weighted by atomic mass is 10.2. The summed E-state index contributed by atoms with van der Waals surface area (Å²) in [6.45, 7) is -0.0837. The lowest BCUT2D eigenvalue weighted by Gasteiger charge is -2.09. The van der Waals surface area contributed by atoms with Gasteiger partial charge in [0.25, 0.3) is 0 Å². The van der Waals surface area contributed by atoms with Crippen molar-refractivity contribution < 1.29 is 23.1 Å². The van der Waals surface area contributed by atoms with Crippen LogP contribution in [0.2, 0.25) is 0 Å². The number of aromatic nitrogens is 2. The SMILES string of the molecule is COc1cc(CNS(=O)(=O)c2cc(C(=O)O)cs2)nc(-c2ccccn2)c1. The highest BCUT2D eigenvalue weighted by Gasteiger charge is 2.19. The zero-order valence-electron chi connectivity index (χ0n) is 14.1. The average molecular weight is 405 g/mol. The summed E-state index contributed by atoms with van der Waals surface area (Å²) in [5, 5.41) is 10.2. The number of sulfonamides is 1. The van der Waals surface area contributed by atoms with Crippen LogP contribution in [0, 0.1) is 0 Å². The van der Waals surface area contributed by atoms with Crippen LogP contribution in [0.25, 0.3) is 11.4 Å². The van der Waals surface area contributed by atoms with Gasteiger partial charge in [0.15, 0.2) is 0 Å². The summed E-state index contributed by atoms with van der Waals surface area (Å²) >= 11 is 0.841. The molecular formula is C17H15N3O5S2. The van der Waals surface area contributed by atoms with Crippen molar-refractivity contribution in [3.8, 4) is 17.1 Å². The lowest BCUT2D eigenvalue weighted by Crippen LogP contribution is -2.23. The molecule has 2 N–H and O–H groups in total. The van der Waals surface area contributed by atoms with Gasteiger partial charge >= 0.3 is 5.97 Å². The summed E-state index contributed by atoms with van der Waals surface area (Å²) in [7, 11) is -2.35. The minimum Gasteiger partial charge on any atom is -0.497 e. The van der Waals surface area contributed by atoms with E-state index in [1.165, 1.54) is 12.5 Å². The number of carboxylic acids is 1. The molecule has 0 bridgehead atoms. The standard InChI is InChI=1S/C17H15N3O5S2/c1-25-13-7-12(20-15(8-13)14-4-2-3-5-18-14)9-19-27(23,24)16-6-11(10-26-16)17(21)22/h2-8,10,19H,9H2,1H3,(H,21,22). The summed E-state index contributed by atoms with van der Waals surface area (Å²) in [5.74, 6) is -0.661. The normalized spacial score (nSPS) is 11.3. The number of rotatable bonds is 7. The van der Waals surface area contributed by atoms with Gasteiger partial charge in [-0.2, -0.15) is 0 Å². The van der Waals surface area contributed by atoms with Gasteiger partial charge in [0.1, 0.15) is 9.96 Å². The predicted molar refractivity (Wildman–Crippen MR) is 99.3 cm³/mol. The zero-order valence-corrected chi connectivity index (χ0v) is 15.8. The van der Waals surface area contributed by atoms with E-state index in [0.717, 1.165) is 17.4 Å². The third kappa shape index (κ3) is 4.48. The van der Waals surface area contributed by atoms with Crippen LogP contribution in [-0.4, -0.2) is 36.6 Å². The molecule has 10 heteroatoms. The maximum absolute atomic E-state index is 12.4. The molecule has 0 atom stereocenters. The first kappa shape index (κ1) is 19.0. The summed E-state index contributed by atoms with van der Waals surface area (Å²) < 4.78 is 32.4. The fourth-order valence-electron chi connectivity index (χ4n) is 2.22. The minimum atomic E-state index is -3.86. The van der Waals surface area contributed by atoms with Crippen molar-refractivity contribution in [1.82, 2.24) is 14.7 Å². The number of carbonyl (C=O) groups is 1. The molecule has 0 fully saturated rings. The second-order valence-corrected chi connectivity index (χ2v) is 8.29. The van der Waals surface area contributed by atoms with E-state index in [2.05, 4.69) is 14.7 Å². The Balaban J connectivity index is 1.83. The molecule has 3 heterocycles. The van der Waals surface area contributed by atoms with Crippen LogP contribution >= 0.6 is 11.3 Å². The van der Waals surface area contributed by atoms with Crippen LogP contribution in [0.1, 0.15) is 16.1 Å². The molecule has 0 aromatic carbocycles. The largest absolute Gasteiger partial charge is 0.497 e. The highest BCUT2D eigenvalue weighted by atomic mass is 32.2. The van der Waals surface area contributed by atoms with Gasteiger partial charge in [0.2, 0.25) is 10.0 Å². The van der Waals surface area contributed by atoms with Crippen LogP contribution in [0.3, 0.4) is 0 Å². The highest BCUT2D eigenvalue weighted by Crippen LogP contribution is 2.23. The van der Waals surface area contributed by atoms with E-state index in [1.54, 1.807) is 30.5 Å². The van der Waals surface area contributed by atoms with E-state index in [-0.39, 0.29) is 16.3 Å². The Morgan fingerprint density at radius 3 is 2.70 bits per heavy atom. The second-order valence-electron chi connectivity index (χ2n) is 5.38. The molecule has 0 aliphatic carbocycles. The monoisotopic (exact) mass is 405 g/mol. The Bertz CT molecular complexity index is 1070. The van der Waals surface area contributed by atoms with Gasteiger partial charge in [-0.05, 0) is 18.2 Å². The number of hydrogen-bond acceptors (Lipinski definition) is 7. The van der Waals surface area contributed by atoms with Crippen LogP contribution in [0.4, 0.5) is 0 Å². The van der Waals surface area contributed by atoms with Crippen molar-refractivity contribution in [3.05, 3.63) is 59.2 Å². The Hall–Kier alpha value is -2.82. The molecule has 3 aromatic heterocycles. The first-order valence-corrected chi connectivity index (χ1v) is 10.0. The number of nitrogens with zero attached hydrogens (tertiary/aromatic N) is 2. The first-order valence-electron chi connectivity index (χ1n) is 7.67. The Morgan fingerprint density at radius 2 is 2.07 bits per heavy atom. The van der Waals surface area contributed by atoms with Gasteiger partial charge in [-0.3, -0.25) is 4.98 Å². The number of pyridine rings is 2. The van der Waals surface area contributed by atoms with Crippen molar-refractivity contribution in [2.45, 2.75) is 10.8 Å². The van der Waals surface area contributed by atoms with Gasteiger partial charge in [0.05, 0.1) is 36.3 Å². The second kappa shape index (κ2) is 7.82. The molecule has 3 rings (SSSR count). The van der Waals surface area contributed by atoms with Gasteiger partial charge in [0, 0.05) is 23.7 Å². The van der Waals surface area contributed by atoms with E-state index in [9.17, 15) is 13.2 Å². The Labute approximate surface area is 159 Å². The van der Waals surface area contributed by atoms with E-state index in [4.69, 9.17) is 9.84 Å². The van der Waals surface area contributed by atoms with Crippen LogP contribution in [-0.2, 0) is 16.6 Å². The molecule has 0 saturated carbocycles. The Morgan fingerprint density at radius 1 is 1.26 bits per heavy atom. The van der Waals surface area contributed by atoms with Gasteiger partial charge in [-0.15, -0.1) is 11.3 Å². The molecule has 0 saturated heterocycles. The maximum atomic E-state index is 12.4. The fourth-order valence-corrected chi connectivity index (χ4v) is 4.42. The molecule has 27 heavy (non-hydrogen) atoms. The summed E-state index contributed by atoms with van der Waals surface area (Å²) in [6, 6.07) is 9.83. The molecule has 0 aliphatic rings. The van der Waals surface area contributed by atoms with Gasteiger partial charge in [-0.25, -0.2) is 22.9 Å². The highest BCUT2D eigenvalue weighted by molar-refractivity contribution is 7.91. The van der Waals surface area contributed by atoms with Crippen LogP contribution in [0.15, 0.2) is 52.2 Å². The molecule has 3 aromatic rings. The van der Waals surface area contributed by atoms with Gasteiger partial charge in [-0.1, -0.05) is 6.07 Å². The smallest absolute Gasteiger partial charge is 0.336 e. The summed E-state index contributed by atoms with van der Waals surface area (Å²) in [5.41, 5.74) is 1.55. The molecule has 0 amide bonds. The topological polar surface area (TPSA) is 118 Å². The number of aromatic carboxylic acids is 1. The van der Waals surface area contributed by atoms with Crippen LogP contribution in [0.5, 0.6) is 5.75 Å². The van der Waals surface area contributed by atoms with E-state index in [0.29, 0.717) is 22.8 Å². The first-order chi connectivity index (χ1) is 12.9. The minimum absolute atomic E-state index is 0.0719. The fraction of sp³-hybridized carbons (Fsp3) is 0.118. The molecule has 0 aliphatic heterocycles. The van der Waals surface area contributed by atoms with E-state index >= 15 is 0 Å². The third-order valence-electron chi connectivity index (χ3n) is 3.55. The molecule has 0 spiro atoms. The van der Waals surface area contributed by atoms with Crippen molar-refractivity contribution in [2.75, 3.05) is 7.11 Å². The molecular weight excluding hydrogens is 390 g/mol. The molecule has 8 nitrogen and oxygen atoms in total. The molecule has 0 unspecified atom stereocenters. The predicted octanol–water partition coefficient (Wildman–Crippen LogP) is 2.39. The Kier molecular flexibility index (Phi) is 5.49. The molecule has 0 radical (unpaired) electrons. The van der Waals surface area contributed by atoms with Gasteiger partial charge < -0.3 is 9.84 Å². The van der Waals surface area contributed by atoms with Crippen molar-refractivity contribution in [3.63, 3.8) is 0 Å². The summed E-state index contributed by atoms with van der Waals surface area (Å²) in [4.78, 5) is 19.6. The van der Waals surface area contributed by atoms with Crippen molar-refractivity contribution in [1.29, 1.82) is 0 Å². The number of ether oxygens (including phenoxy) is 1. The van der Waals surface area contributed by atoms with Crippen molar-refractivity contribution >= 4 is 27.3 Å². The average Bonchev–Trinajstić information content (AvgIpc) is 3.18. The quantitative estimate of drug-likeness (QED) is 0.619. The number of hydrogen-bond donors (Lipinski definition) is 2. The number of methoxy groups -OCH3 is 1. The lowest BCUT2D eigenvalue weighted by molar-refractivity contribution is 0.0697. The van der Waals surface area contributed by atoms with Crippen molar-refractivity contribution in [2.24, 2.45) is 0 Å². The maximum Gasteiger partial charge on any atom is 0.336 e. The number of carboxylic acid groups (broad SMARTS) is 1. The van der Waals surface area contributed by atoms with E-state index < -0.39 is 16.0 Å². The zero-order chi connectivity index (χ0) is 19.4. The number of thiophene rings is 1. The van der Waals surface area contributed by atoms with Crippen LogP contribution < -0.4 is 9.46 Å². The molecule has 140 valence electrons. The number of nitrogens with one attached hydrogen (secondary N) is 1. The van der Waals surface area contributed by atoms with E-state index in [1.807, 2.05) is 6.07 Å². The summed E-state index contributed by atoms with van der Waals surface area (Å²) in [6.07, 6.45) is 1.63. The third-order valence-corrected chi connectivity index (χ3v) is 6.39.